The van der Waals surface area contributed by atoms with E-state index in [1.54, 1.807) is 25.1 Å². The number of benzene rings is 1. The van der Waals surface area contributed by atoms with Gasteiger partial charge in [-0.1, -0.05) is 6.07 Å². The zero-order valence-electron chi connectivity index (χ0n) is 12.9. The number of carbonyl (C=O) groups is 1. The molecule has 0 aliphatic carbocycles. The monoisotopic (exact) mass is 332 g/mol. The Kier molecular flexibility index (Phi) is 4.74. The maximum atomic E-state index is 12.8. The van der Waals surface area contributed by atoms with Crippen LogP contribution in [-0.2, 0) is 0 Å². The number of carbonyl (C=O) groups excluding carboxylic acids is 1. The van der Waals surface area contributed by atoms with Gasteiger partial charge in [-0.25, -0.2) is 4.79 Å². The van der Waals surface area contributed by atoms with E-state index in [9.17, 15) is 23.1 Å². The molecule has 0 radical (unpaired) electrons. The van der Waals surface area contributed by atoms with E-state index in [-0.39, 0.29) is 13.1 Å². The molecule has 1 heterocycles. The van der Waals surface area contributed by atoms with E-state index in [2.05, 4.69) is 5.32 Å². The molecule has 23 heavy (non-hydrogen) atoms. The zero-order chi connectivity index (χ0) is 17.3. The standard InChI is InChI=1S/C15H19F3N2O3/c1-10-3-4-11(23-2)9-12(10)19-13(21)20-7-5-14(22,6-8-20)15(16,17)18/h3-4,9,22H,5-8H2,1-2H3,(H,19,21). The van der Waals surface area contributed by atoms with Crippen LogP contribution >= 0.6 is 0 Å². The number of urea groups is 1. The molecule has 128 valence electrons. The molecule has 5 nitrogen and oxygen atoms in total. The third-order valence-electron chi connectivity index (χ3n) is 4.09. The molecule has 8 heteroatoms. The number of nitrogens with zero attached hydrogens (tertiary/aromatic N) is 1. The Morgan fingerprint density at radius 2 is 1.96 bits per heavy atom. The quantitative estimate of drug-likeness (QED) is 0.875. The second kappa shape index (κ2) is 6.27. The van der Waals surface area contributed by atoms with Crippen LogP contribution < -0.4 is 10.1 Å². The minimum absolute atomic E-state index is 0.162. The maximum absolute atomic E-state index is 12.8. The molecule has 1 aliphatic heterocycles. The van der Waals surface area contributed by atoms with E-state index < -0.39 is 30.7 Å². The summed E-state index contributed by atoms with van der Waals surface area (Å²) in [5, 5.41) is 12.3. The number of halogens is 3. The number of amides is 2. The summed E-state index contributed by atoms with van der Waals surface area (Å²) in [6.07, 6.45) is -5.74. The second-order valence-corrected chi connectivity index (χ2v) is 5.63. The molecule has 1 aromatic carbocycles. The number of ether oxygens (including phenoxy) is 1. The Morgan fingerprint density at radius 3 is 2.48 bits per heavy atom. The van der Waals surface area contributed by atoms with E-state index in [1.165, 1.54) is 12.0 Å². The first kappa shape index (κ1) is 17.4. The topological polar surface area (TPSA) is 61.8 Å². The zero-order valence-corrected chi connectivity index (χ0v) is 12.9. The third kappa shape index (κ3) is 3.69. The lowest BCUT2D eigenvalue weighted by Gasteiger charge is -2.39. The van der Waals surface area contributed by atoms with Crippen molar-refractivity contribution in [2.45, 2.75) is 31.5 Å². The molecule has 0 saturated carbocycles. The number of anilines is 1. The molecule has 0 bridgehead atoms. The fraction of sp³-hybridized carbons (Fsp3) is 0.533. The Labute approximate surface area is 132 Å². The number of aryl methyl sites for hydroxylation is 1. The molecule has 2 N–H and O–H groups in total. The number of aliphatic hydroxyl groups is 1. The number of likely N-dealkylation sites (tertiary alicyclic amines) is 1. The van der Waals surface area contributed by atoms with Gasteiger partial charge in [0.1, 0.15) is 5.75 Å². The molecule has 0 unspecified atom stereocenters. The smallest absolute Gasteiger partial charge is 0.417 e. The van der Waals surface area contributed by atoms with Gasteiger partial charge in [0.15, 0.2) is 5.60 Å². The summed E-state index contributed by atoms with van der Waals surface area (Å²) in [7, 11) is 1.50. The van der Waals surface area contributed by atoms with Crippen LogP contribution in [0.3, 0.4) is 0 Å². The highest BCUT2D eigenvalue weighted by Gasteiger charge is 2.54. The van der Waals surface area contributed by atoms with Crippen molar-refractivity contribution in [2.24, 2.45) is 0 Å². The number of nitrogens with one attached hydrogen (secondary N) is 1. The average Bonchev–Trinajstić information content (AvgIpc) is 2.49. The number of alkyl halides is 3. The van der Waals surface area contributed by atoms with Crippen molar-refractivity contribution >= 4 is 11.7 Å². The summed E-state index contributed by atoms with van der Waals surface area (Å²) in [5.41, 5.74) is -1.37. The first-order valence-electron chi connectivity index (χ1n) is 7.16. The summed E-state index contributed by atoms with van der Waals surface area (Å²) >= 11 is 0. The molecule has 2 amide bonds. The van der Waals surface area contributed by atoms with Gasteiger partial charge in [-0.15, -0.1) is 0 Å². The Balaban J connectivity index is 2.01. The maximum Gasteiger partial charge on any atom is 0.417 e. The highest BCUT2D eigenvalue weighted by atomic mass is 19.4. The molecule has 0 aromatic heterocycles. The van der Waals surface area contributed by atoms with Crippen LogP contribution in [0.1, 0.15) is 18.4 Å². The van der Waals surface area contributed by atoms with Gasteiger partial charge >= 0.3 is 12.2 Å². The number of hydrogen-bond donors (Lipinski definition) is 2. The van der Waals surface area contributed by atoms with Crippen LogP contribution in [0.5, 0.6) is 5.75 Å². The molecule has 0 atom stereocenters. The molecule has 1 aliphatic rings. The normalized spacial score (nSPS) is 17.7. The van der Waals surface area contributed by atoms with Gasteiger partial charge in [0.05, 0.1) is 7.11 Å². The van der Waals surface area contributed by atoms with Crippen molar-refractivity contribution in [3.8, 4) is 5.75 Å². The van der Waals surface area contributed by atoms with E-state index in [0.29, 0.717) is 11.4 Å². The fourth-order valence-electron chi connectivity index (χ4n) is 2.42. The summed E-state index contributed by atoms with van der Waals surface area (Å²) in [6, 6.07) is 4.66. The van der Waals surface area contributed by atoms with Gasteiger partial charge in [0, 0.05) is 37.7 Å². The Hall–Kier alpha value is -1.96. The molecule has 1 saturated heterocycles. The highest BCUT2D eigenvalue weighted by molar-refractivity contribution is 5.90. The van der Waals surface area contributed by atoms with Gasteiger partial charge in [-0.3, -0.25) is 0 Å². The SMILES string of the molecule is COc1ccc(C)c(NC(=O)N2CCC(O)(C(F)(F)F)CC2)c1. The third-order valence-corrected chi connectivity index (χ3v) is 4.09. The molecular formula is C15H19F3N2O3. The van der Waals surface area contributed by atoms with Gasteiger partial charge in [0.2, 0.25) is 0 Å². The van der Waals surface area contributed by atoms with Crippen molar-refractivity contribution in [1.82, 2.24) is 4.90 Å². The number of rotatable bonds is 2. The molecule has 1 fully saturated rings. The Morgan fingerprint density at radius 1 is 1.35 bits per heavy atom. The Bertz CT molecular complexity index is 582. The van der Waals surface area contributed by atoms with E-state index >= 15 is 0 Å². The largest absolute Gasteiger partial charge is 0.497 e. The van der Waals surface area contributed by atoms with Crippen molar-refractivity contribution in [1.29, 1.82) is 0 Å². The second-order valence-electron chi connectivity index (χ2n) is 5.63. The van der Waals surface area contributed by atoms with Crippen LogP contribution in [-0.4, -0.2) is 48.0 Å². The summed E-state index contributed by atoms with van der Waals surface area (Å²) in [4.78, 5) is 13.5. The number of piperidine rings is 1. The van der Waals surface area contributed by atoms with Gasteiger partial charge in [-0.05, 0) is 18.6 Å². The van der Waals surface area contributed by atoms with E-state index in [1.807, 2.05) is 0 Å². The predicted molar refractivity (Wildman–Crippen MR) is 78.6 cm³/mol. The lowest BCUT2D eigenvalue weighted by molar-refractivity contribution is -0.271. The van der Waals surface area contributed by atoms with Gasteiger partial charge in [0.25, 0.3) is 0 Å². The predicted octanol–water partition coefficient (Wildman–Crippen LogP) is 2.92. The molecule has 1 aromatic rings. The summed E-state index contributed by atoms with van der Waals surface area (Å²) < 4.78 is 43.3. The number of hydrogen-bond acceptors (Lipinski definition) is 3. The van der Waals surface area contributed by atoms with Gasteiger partial charge in [-0.2, -0.15) is 13.2 Å². The minimum Gasteiger partial charge on any atom is -0.497 e. The average molecular weight is 332 g/mol. The van der Waals surface area contributed by atoms with Crippen LogP contribution in [0.4, 0.5) is 23.7 Å². The van der Waals surface area contributed by atoms with E-state index in [0.717, 1.165) is 5.56 Å². The minimum atomic E-state index is -4.68. The summed E-state index contributed by atoms with van der Waals surface area (Å²) in [5.74, 6) is 0.566. The first-order valence-corrected chi connectivity index (χ1v) is 7.16. The fourth-order valence-corrected chi connectivity index (χ4v) is 2.42. The molecule has 0 spiro atoms. The van der Waals surface area contributed by atoms with Crippen molar-refractivity contribution < 1.29 is 27.8 Å². The van der Waals surface area contributed by atoms with Crippen LogP contribution in [0, 0.1) is 6.92 Å². The molecule has 2 rings (SSSR count). The van der Waals surface area contributed by atoms with Crippen molar-refractivity contribution in [3.05, 3.63) is 23.8 Å². The van der Waals surface area contributed by atoms with E-state index in [4.69, 9.17) is 4.74 Å². The lowest BCUT2D eigenvalue weighted by Crippen LogP contribution is -2.55. The number of methoxy groups -OCH3 is 1. The van der Waals surface area contributed by atoms with Crippen LogP contribution in [0.2, 0.25) is 0 Å². The van der Waals surface area contributed by atoms with Gasteiger partial charge < -0.3 is 20.1 Å². The van der Waals surface area contributed by atoms with Crippen LogP contribution in [0.25, 0.3) is 0 Å². The summed E-state index contributed by atoms with van der Waals surface area (Å²) in [6.45, 7) is 1.48. The van der Waals surface area contributed by atoms with Crippen molar-refractivity contribution in [3.63, 3.8) is 0 Å². The first-order chi connectivity index (χ1) is 10.7. The highest BCUT2D eigenvalue weighted by Crippen LogP contribution is 2.38. The lowest BCUT2D eigenvalue weighted by atomic mass is 9.91. The molecular weight excluding hydrogens is 313 g/mol. The van der Waals surface area contributed by atoms with Crippen molar-refractivity contribution in [2.75, 3.05) is 25.5 Å². The van der Waals surface area contributed by atoms with Crippen LogP contribution in [0.15, 0.2) is 18.2 Å².